The zero-order valence-electron chi connectivity index (χ0n) is 13.1. The van der Waals surface area contributed by atoms with Gasteiger partial charge in [-0.25, -0.2) is 9.97 Å². The SMILES string of the molecule is CC(=O)N1CCCC1c1cc(Nc2cc(C)[nH]n2)nc(C)n1. The van der Waals surface area contributed by atoms with Gasteiger partial charge in [-0.2, -0.15) is 5.10 Å². The number of carbonyl (C=O) groups is 1. The van der Waals surface area contributed by atoms with Crippen LogP contribution >= 0.6 is 0 Å². The molecule has 0 bridgehead atoms. The van der Waals surface area contributed by atoms with Crippen molar-refractivity contribution >= 4 is 17.5 Å². The number of nitrogens with one attached hydrogen (secondary N) is 2. The fourth-order valence-corrected chi connectivity index (χ4v) is 2.89. The van der Waals surface area contributed by atoms with Crippen LogP contribution in [0, 0.1) is 13.8 Å². The zero-order valence-corrected chi connectivity index (χ0v) is 13.1. The van der Waals surface area contributed by atoms with Gasteiger partial charge in [-0.15, -0.1) is 0 Å². The lowest BCUT2D eigenvalue weighted by Gasteiger charge is -2.23. The molecular weight excluding hydrogens is 280 g/mol. The molecule has 7 nitrogen and oxygen atoms in total. The normalized spacial score (nSPS) is 17.8. The fraction of sp³-hybridized carbons (Fsp3) is 0.467. The smallest absolute Gasteiger partial charge is 0.220 e. The Morgan fingerprint density at radius 1 is 1.32 bits per heavy atom. The van der Waals surface area contributed by atoms with Crippen molar-refractivity contribution in [1.29, 1.82) is 0 Å². The second-order valence-corrected chi connectivity index (χ2v) is 5.66. The summed E-state index contributed by atoms with van der Waals surface area (Å²) in [6.07, 6.45) is 1.95. The Morgan fingerprint density at radius 3 is 2.82 bits per heavy atom. The summed E-state index contributed by atoms with van der Waals surface area (Å²) in [5, 5.41) is 10.2. The molecule has 3 rings (SSSR count). The molecular formula is C15H20N6O. The topological polar surface area (TPSA) is 86.8 Å². The van der Waals surface area contributed by atoms with Crippen LogP contribution in [0.15, 0.2) is 12.1 Å². The van der Waals surface area contributed by atoms with E-state index in [1.165, 1.54) is 0 Å². The largest absolute Gasteiger partial charge is 0.334 e. The quantitative estimate of drug-likeness (QED) is 0.907. The maximum Gasteiger partial charge on any atom is 0.220 e. The lowest BCUT2D eigenvalue weighted by atomic mass is 10.1. The molecule has 0 radical (unpaired) electrons. The molecule has 3 heterocycles. The van der Waals surface area contributed by atoms with Gasteiger partial charge >= 0.3 is 0 Å². The Kier molecular flexibility index (Phi) is 3.79. The Labute approximate surface area is 129 Å². The highest BCUT2D eigenvalue weighted by Crippen LogP contribution is 2.31. The lowest BCUT2D eigenvalue weighted by molar-refractivity contribution is -0.129. The van der Waals surface area contributed by atoms with E-state index >= 15 is 0 Å². The van der Waals surface area contributed by atoms with Gasteiger partial charge in [-0.3, -0.25) is 9.89 Å². The minimum atomic E-state index is 0.0423. The number of hydrogen-bond donors (Lipinski definition) is 2. The average molecular weight is 300 g/mol. The Balaban J connectivity index is 1.88. The van der Waals surface area contributed by atoms with Crippen LogP contribution in [0.3, 0.4) is 0 Å². The van der Waals surface area contributed by atoms with Gasteiger partial charge in [-0.05, 0) is 26.7 Å². The average Bonchev–Trinajstić information content (AvgIpc) is 3.07. The number of rotatable bonds is 3. The summed E-state index contributed by atoms with van der Waals surface area (Å²) < 4.78 is 0. The van der Waals surface area contributed by atoms with Gasteiger partial charge in [0, 0.05) is 31.3 Å². The van der Waals surface area contributed by atoms with E-state index in [0.717, 1.165) is 36.6 Å². The first-order valence-electron chi connectivity index (χ1n) is 7.45. The van der Waals surface area contributed by atoms with E-state index in [1.807, 2.05) is 30.9 Å². The van der Waals surface area contributed by atoms with E-state index in [2.05, 4.69) is 25.5 Å². The second kappa shape index (κ2) is 5.75. The predicted molar refractivity (Wildman–Crippen MR) is 82.7 cm³/mol. The predicted octanol–water partition coefficient (Wildman–Crippen LogP) is 2.24. The van der Waals surface area contributed by atoms with Crippen molar-refractivity contribution in [3.05, 3.63) is 29.3 Å². The number of amides is 1. The van der Waals surface area contributed by atoms with E-state index in [1.54, 1.807) is 6.92 Å². The number of aromatic amines is 1. The molecule has 1 saturated heterocycles. The zero-order chi connectivity index (χ0) is 15.7. The number of anilines is 2. The molecule has 2 aromatic heterocycles. The number of aryl methyl sites for hydroxylation is 2. The number of aromatic nitrogens is 4. The van der Waals surface area contributed by atoms with E-state index in [0.29, 0.717) is 11.6 Å². The van der Waals surface area contributed by atoms with Gasteiger partial charge in [0.15, 0.2) is 5.82 Å². The third kappa shape index (κ3) is 2.93. The van der Waals surface area contributed by atoms with Crippen molar-refractivity contribution in [2.45, 2.75) is 39.7 Å². The third-order valence-corrected chi connectivity index (χ3v) is 3.82. The van der Waals surface area contributed by atoms with Crippen molar-refractivity contribution in [3.63, 3.8) is 0 Å². The van der Waals surface area contributed by atoms with Crippen LogP contribution in [0.1, 0.15) is 43.0 Å². The van der Waals surface area contributed by atoms with Gasteiger partial charge in [0.1, 0.15) is 11.6 Å². The van der Waals surface area contributed by atoms with Gasteiger partial charge in [-0.1, -0.05) is 0 Å². The van der Waals surface area contributed by atoms with Crippen LogP contribution in [0.4, 0.5) is 11.6 Å². The number of likely N-dealkylation sites (tertiary alicyclic amines) is 1. The molecule has 0 aromatic carbocycles. The summed E-state index contributed by atoms with van der Waals surface area (Å²) in [5.74, 6) is 2.19. The molecule has 2 aromatic rings. The molecule has 1 amide bonds. The second-order valence-electron chi connectivity index (χ2n) is 5.66. The van der Waals surface area contributed by atoms with Crippen molar-refractivity contribution in [2.75, 3.05) is 11.9 Å². The molecule has 0 saturated carbocycles. The molecule has 0 spiro atoms. The minimum absolute atomic E-state index is 0.0423. The summed E-state index contributed by atoms with van der Waals surface area (Å²) >= 11 is 0. The van der Waals surface area contributed by atoms with Crippen LogP contribution in [0.2, 0.25) is 0 Å². The molecule has 1 fully saturated rings. The van der Waals surface area contributed by atoms with Crippen LogP contribution in [-0.4, -0.2) is 37.5 Å². The first-order chi connectivity index (χ1) is 10.5. The first kappa shape index (κ1) is 14.5. The van der Waals surface area contributed by atoms with Crippen molar-refractivity contribution in [1.82, 2.24) is 25.1 Å². The number of H-pyrrole nitrogens is 1. The molecule has 1 aliphatic heterocycles. The van der Waals surface area contributed by atoms with Gasteiger partial charge in [0.05, 0.1) is 11.7 Å². The molecule has 2 N–H and O–H groups in total. The molecule has 1 unspecified atom stereocenters. The molecule has 1 aliphatic rings. The number of hydrogen-bond acceptors (Lipinski definition) is 5. The standard InChI is InChI=1S/C15H20N6O/c1-9-7-15(20-19-9)18-14-8-12(16-10(2)17-14)13-5-4-6-21(13)11(3)22/h7-8,13H,4-6H2,1-3H3,(H2,16,17,18,19,20). The summed E-state index contributed by atoms with van der Waals surface area (Å²) in [5.41, 5.74) is 1.86. The molecule has 116 valence electrons. The van der Waals surface area contributed by atoms with Crippen LogP contribution in [-0.2, 0) is 4.79 Å². The highest BCUT2D eigenvalue weighted by Gasteiger charge is 2.29. The maximum absolute atomic E-state index is 11.7. The summed E-state index contributed by atoms with van der Waals surface area (Å²) in [6, 6.07) is 3.86. The van der Waals surface area contributed by atoms with Crippen LogP contribution in [0.25, 0.3) is 0 Å². The van der Waals surface area contributed by atoms with Crippen molar-refractivity contribution < 1.29 is 4.79 Å². The highest BCUT2D eigenvalue weighted by atomic mass is 16.2. The summed E-state index contributed by atoms with van der Waals surface area (Å²) in [4.78, 5) is 22.5. The van der Waals surface area contributed by atoms with Crippen LogP contribution in [0.5, 0.6) is 0 Å². The van der Waals surface area contributed by atoms with Gasteiger partial charge < -0.3 is 10.2 Å². The van der Waals surface area contributed by atoms with Crippen LogP contribution < -0.4 is 5.32 Å². The number of carbonyl (C=O) groups excluding carboxylic acids is 1. The molecule has 0 aliphatic carbocycles. The van der Waals surface area contributed by atoms with E-state index in [9.17, 15) is 4.79 Å². The maximum atomic E-state index is 11.7. The highest BCUT2D eigenvalue weighted by molar-refractivity contribution is 5.74. The Hall–Kier alpha value is -2.44. The lowest BCUT2D eigenvalue weighted by Crippen LogP contribution is -2.28. The first-order valence-corrected chi connectivity index (χ1v) is 7.45. The van der Waals surface area contributed by atoms with E-state index in [-0.39, 0.29) is 11.9 Å². The van der Waals surface area contributed by atoms with Gasteiger partial charge in [0.25, 0.3) is 0 Å². The fourth-order valence-electron chi connectivity index (χ4n) is 2.89. The Morgan fingerprint density at radius 2 is 2.14 bits per heavy atom. The molecule has 22 heavy (non-hydrogen) atoms. The van der Waals surface area contributed by atoms with E-state index in [4.69, 9.17) is 0 Å². The van der Waals surface area contributed by atoms with E-state index < -0.39 is 0 Å². The summed E-state index contributed by atoms with van der Waals surface area (Å²) in [6.45, 7) is 6.21. The monoisotopic (exact) mass is 300 g/mol. The third-order valence-electron chi connectivity index (χ3n) is 3.82. The Bertz CT molecular complexity index is 695. The minimum Gasteiger partial charge on any atom is -0.334 e. The van der Waals surface area contributed by atoms with Crippen molar-refractivity contribution in [3.8, 4) is 0 Å². The molecule has 1 atom stereocenters. The molecule has 7 heteroatoms. The van der Waals surface area contributed by atoms with Gasteiger partial charge in [0.2, 0.25) is 5.91 Å². The summed E-state index contributed by atoms with van der Waals surface area (Å²) in [7, 11) is 0. The van der Waals surface area contributed by atoms with Crippen molar-refractivity contribution in [2.24, 2.45) is 0 Å². The number of nitrogens with zero attached hydrogens (tertiary/aromatic N) is 4.